The summed E-state index contributed by atoms with van der Waals surface area (Å²) in [5, 5.41) is 7.44. The Kier molecular flexibility index (Phi) is 3.81. The zero-order valence-corrected chi connectivity index (χ0v) is 16.5. The van der Waals surface area contributed by atoms with Crippen molar-refractivity contribution < 1.29 is 4.74 Å². The SMILES string of the molecule is Clc1nc(OC2CCCC2)nc(-c2ccc3ccc4cccc5ccc2c3c45)n1. The maximum atomic E-state index is 6.25. The van der Waals surface area contributed by atoms with Crippen molar-refractivity contribution in [1.82, 2.24) is 15.0 Å². The molecule has 0 aliphatic heterocycles. The molecule has 4 nitrogen and oxygen atoms in total. The van der Waals surface area contributed by atoms with Gasteiger partial charge < -0.3 is 4.74 Å². The number of ether oxygens (including phenoxy) is 1. The van der Waals surface area contributed by atoms with Gasteiger partial charge in [0, 0.05) is 5.56 Å². The van der Waals surface area contributed by atoms with Crippen molar-refractivity contribution in [3.63, 3.8) is 0 Å². The zero-order chi connectivity index (χ0) is 19.4. The minimum Gasteiger partial charge on any atom is -0.460 e. The van der Waals surface area contributed by atoms with Crippen LogP contribution in [0.3, 0.4) is 0 Å². The van der Waals surface area contributed by atoms with Gasteiger partial charge in [-0.3, -0.25) is 0 Å². The van der Waals surface area contributed by atoms with E-state index in [0.717, 1.165) is 23.8 Å². The fourth-order valence-electron chi connectivity index (χ4n) is 4.59. The number of hydrogen-bond acceptors (Lipinski definition) is 4. The predicted octanol–water partition coefficient (Wildman–Crippen LogP) is 6.41. The zero-order valence-electron chi connectivity index (χ0n) is 15.7. The first-order valence-corrected chi connectivity index (χ1v) is 10.4. The van der Waals surface area contributed by atoms with Crippen LogP contribution in [0.1, 0.15) is 25.7 Å². The molecule has 0 amide bonds. The molecule has 6 rings (SSSR count). The lowest BCUT2D eigenvalue weighted by Crippen LogP contribution is -2.13. The molecule has 0 bridgehead atoms. The van der Waals surface area contributed by atoms with Crippen molar-refractivity contribution in [2.45, 2.75) is 31.8 Å². The van der Waals surface area contributed by atoms with Gasteiger partial charge in [0.1, 0.15) is 6.10 Å². The van der Waals surface area contributed by atoms with Crippen molar-refractivity contribution in [2.75, 3.05) is 0 Å². The minimum absolute atomic E-state index is 0.161. The normalized spacial score (nSPS) is 15.1. The molecule has 0 saturated heterocycles. The highest BCUT2D eigenvalue weighted by Crippen LogP contribution is 2.38. The lowest BCUT2D eigenvalue weighted by molar-refractivity contribution is 0.192. The van der Waals surface area contributed by atoms with Gasteiger partial charge in [0.15, 0.2) is 5.82 Å². The van der Waals surface area contributed by atoms with Gasteiger partial charge in [-0.25, -0.2) is 0 Å². The van der Waals surface area contributed by atoms with Gasteiger partial charge in [0.25, 0.3) is 0 Å². The average Bonchev–Trinajstić information content (AvgIpc) is 3.24. The summed E-state index contributed by atoms with van der Waals surface area (Å²) in [6.45, 7) is 0. The van der Waals surface area contributed by atoms with E-state index in [1.54, 1.807) is 0 Å². The molecular formula is C24H18ClN3O. The van der Waals surface area contributed by atoms with E-state index in [1.807, 2.05) is 0 Å². The van der Waals surface area contributed by atoms with Crippen LogP contribution in [0, 0.1) is 0 Å². The number of hydrogen-bond donors (Lipinski definition) is 0. The lowest BCUT2D eigenvalue weighted by atomic mass is 9.92. The van der Waals surface area contributed by atoms with E-state index < -0.39 is 0 Å². The van der Waals surface area contributed by atoms with Gasteiger partial charge in [-0.2, -0.15) is 15.0 Å². The molecule has 0 spiro atoms. The summed E-state index contributed by atoms with van der Waals surface area (Å²) in [7, 11) is 0. The Morgan fingerprint density at radius 3 is 2.24 bits per heavy atom. The summed E-state index contributed by atoms with van der Waals surface area (Å²) in [5.74, 6) is 0.552. The van der Waals surface area contributed by atoms with Crippen molar-refractivity contribution in [3.05, 3.63) is 59.9 Å². The fourth-order valence-corrected chi connectivity index (χ4v) is 4.74. The highest BCUT2D eigenvalue weighted by atomic mass is 35.5. The molecule has 1 aliphatic rings. The third-order valence-electron chi connectivity index (χ3n) is 5.93. The molecule has 29 heavy (non-hydrogen) atoms. The van der Waals surface area contributed by atoms with Gasteiger partial charge in [-0.05, 0) is 75.7 Å². The first kappa shape index (κ1) is 16.9. The van der Waals surface area contributed by atoms with E-state index >= 15 is 0 Å². The van der Waals surface area contributed by atoms with Gasteiger partial charge in [-0.15, -0.1) is 0 Å². The largest absolute Gasteiger partial charge is 0.460 e. The average molecular weight is 400 g/mol. The molecule has 0 radical (unpaired) electrons. The molecule has 5 aromatic rings. The number of halogens is 1. The van der Waals surface area contributed by atoms with Crippen molar-refractivity contribution in [1.29, 1.82) is 0 Å². The van der Waals surface area contributed by atoms with Crippen LogP contribution in [0.4, 0.5) is 0 Å². The lowest BCUT2D eigenvalue weighted by Gasteiger charge is -2.14. The third-order valence-corrected chi connectivity index (χ3v) is 6.10. The van der Waals surface area contributed by atoms with Crippen LogP contribution >= 0.6 is 11.6 Å². The first-order chi connectivity index (χ1) is 14.3. The molecular weight excluding hydrogens is 382 g/mol. The molecule has 0 N–H and O–H groups in total. The predicted molar refractivity (Wildman–Crippen MR) is 117 cm³/mol. The molecule has 142 valence electrons. The van der Waals surface area contributed by atoms with E-state index in [-0.39, 0.29) is 11.4 Å². The quantitative estimate of drug-likeness (QED) is 0.329. The highest BCUT2D eigenvalue weighted by Gasteiger charge is 2.20. The number of benzene rings is 4. The van der Waals surface area contributed by atoms with Crippen LogP contribution in [-0.4, -0.2) is 21.1 Å². The van der Waals surface area contributed by atoms with Gasteiger partial charge in [0.2, 0.25) is 5.28 Å². The smallest absolute Gasteiger partial charge is 0.321 e. The second kappa shape index (κ2) is 6.53. The second-order valence-corrected chi connectivity index (χ2v) is 8.04. The van der Waals surface area contributed by atoms with Gasteiger partial charge in [0.05, 0.1) is 0 Å². The Morgan fingerprint density at radius 2 is 1.45 bits per heavy atom. The maximum absolute atomic E-state index is 6.25. The molecule has 1 heterocycles. The van der Waals surface area contributed by atoms with Crippen molar-refractivity contribution in [3.8, 4) is 17.4 Å². The van der Waals surface area contributed by atoms with Crippen LogP contribution in [0.2, 0.25) is 5.28 Å². The molecule has 1 aliphatic carbocycles. The Morgan fingerprint density at radius 1 is 0.759 bits per heavy atom. The van der Waals surface area contributed by atoms with Crippen molar-refractivity contribution >= 4 is 43.9 Å². The van der Waals surface area contributed by atoms with Gasteiger partial charge >= 0.3 is 6.01 Å². The topological polar surface area (TPSA) is 47.9 Å². The molecule has 0 atom stereocenters. The second-order valence-electron chi connectivity index (χ2n) is 7.70. The number of rotatable bonds is 3. The van der Waals surface area contributed by atoms with E-state index in [0.29, 0.717) is 11.8 Å². The van der Waals surface area contributed by atoms with Gasteiger partial charge in [-0.1, -0.05) is 48.5 Å². The molecule has 0 unspecified atom stereocenters. The van der Waals surface area contributed by atoms with Crippen LogP contribution < -0.4 is 4.74 Å². The Bertz CT molecular complexity index is 1350. The molecule has 5 heteroatoms. The fraction of sp³-hybridized carbons (Fsp3) is 0.208. The molecule has 1 aromatic heterocycles. The number of nitrogens with zero attached hydrogens (tertiary/aromatic N) is 3. The standard InChI is InChI=1S/C24H18ClN3O/c25-23-26-22(27-24(28-23)29-17-6-1-2-7-17)19-13-11-16-9-8-14-4-3-5-15-10-12-18(19)21(16)20(14)15/h3-5,8-13,17H,1-2,6-7H2. The van der Waals surface area contributed by atoms with Crippen molar-refractivity contribution in [2.24, 2.45) is 0 Å². The summed E-state index contributed by atoms with van der Waals surface area (Å²) >= 11 is 6.25. The number of aromatic nitrogens is 3. The molecule has 1 fully saturated rings. The molecule has 1 saturated carbocycles. The van der Waals surface area contributed by atoms with E-state index in [1.165, 1.54) is 39.8 Å². The van der Waals surface area contributed by atoms with Crippen LogP contribution in [0.25, 0.3) is 43.7 Å². The maximum Gasteiger partial charge on any atom is 0.321 e. The van der Waals surface area contributed by atoms with Crippen LogP contribution in [-0.2, 0) is 0 Å². The summed E-state index contributed by atoms with van der Waals surface area (Å²) in [6, 6.07) is 19.6. The summed E-state index contributed by atoms with van der Waals surface area (Å²) in [6.07, 6.45) is 4.62. The first-order valence-electron chi connectivity index (χ1n) is 10.0. The highest BCUT2D eigenvalue weighted by molar-refractivity contribution is 6.28. The third kappa shape index (κ3) is 2.78. The summed E-state index contributed by atoms with van der Waals surface area (Å²) in [5.41, 5.74) is 0.941. The van der Waals surface area contributed by atoms with Crippen LogP contribution in [0.15, 0.2) is 54.6 Å². The van der Waals surface area contributed by atoms with Crippen LogP contribution in [0.5, 0.6) is 6.01 Å². The Balaban J connectivity index is 1.56. The minimum atomic E-state index is 0.161. The summed E-state index contributed by atoms with van der Waals surface area (Å²) in [4.78, 5) is 13.3. The Labute approximate surface area is 172 Å². The monoisotopic (exact) mass is 399 g/mol. The summed E-state index contributed by atoms with van der Waals surface area (Å²) < 4.78 is 6.00. The molecule has 4 aromatic carbocycles. The van der Waals surface area contributed by atoms with E-state index in [2.05, 4.69) is 69.5 Å². The van der Waals surface area contributed by atoms with E-state index in [9.17, 15) is 0 Å². The van der Waals surface area contributed by atoms with E-state index in [4.69, 9.17) is 16.3 Å². The Hall–Kier alpha value is -2.98.